The number of aliphatic hydroxyl groups excluding tert-OH is 1. The van der Waals surface area contributed by atoms with E-state index in [0.29, 0.717) is 6.42 Å². The van der Waals surface area contributed by atoms with Crippen molar-refractivity contribution in [2.45, 2.75) is 136 Å². The third-order valence-corrected chi connectivity index (χ3v) is 6.19. The number of hydrogen-bond acceptors (Lipinski definition) is 5. The Morgan fingerprint density at radius 3 is 1.74 bits per heavy atom. The van der Waals surface area contributed by atoms with Crippen LogP contribution in [0.5, 0.6) is 0 Å². The molecule has 0 rings (SSSR count). The van der Waals surface area contributed by atoms with Gasteiger partial charge in [-0.15, -0.1) is 4.52 Å². The van der Waals surface area contributed by atoms with Gasteiger partial charge in [-0.1, -0.05) is 96.8 Å². The molecule has 1 N–H and O–H groups in total. The molecule has 2 atom stereocenters. The standard InChI is InChI=1S/C25H48O5P/c1-4-5-6-7-8-9-10-11-12-13-14-15-16-17-18-19-25(27)29-22-24(26)20-21-31(28)30-23(2)3/h20-21,23-24,26H,4-19,22H2,1-3H3/q+1/b21-20+/t24-/m0/s1. The number of ether oxygens (including phenoxy) is 1. The molecule has 0 saturated carbocycles. The quantitative estimate of drug-likeness (QED) is 0.101. The molecule has 0 fully saturated rings. The highest BCUT2D eigenvalue weighted by Gasteiger charge is 2.16. The first kappa shape index (κ1) is 30.2. The minimum atomic E-state index is -1.94. The smallest absolute Gasteiger partial charge is 0.463 e. The van der Waals surface area contributed by atoms with Crippen molar-refractivity contribution in [2.24, 2.45) is 0 Å². The van der Waals surface area contributed by atoms with E-state index in [4.69, 9.17) is 9.26 Å². The number of esters is 1. The topological polar surface area (TPSA) is 72.8 Å². The van der Waals surface area contributed by atoms with Gasteiger partial charge in [0.1, 0.15) is 18.8 Å². The molecule has 0 aliphatic carbocycles. The lowest BCUT2D eigenvalue weighted by molar-refractivity contribution is -0.145. The maximum atomic E-state index is 11.7. The molecule has 0 amide bonds. The fraction of sp³-hybridized carbons (Fsp3) is 0.880. The number of unbranched alkanes of at least 4 members (excludes halogenated alkanes) is 14. The van der Waals surface area contributed by atoms with Gasteiger partial charge < -0.3 is 9.84 Å². The summed E-state index contributed by atoms with van der Waals surface area (Å²) >= 11 is 0. The molecule has 0 aromatic heterocycles. The molecule has 0 radical (unpaired) electrons. The molecule has 0 aromatic rings. The van der Waals surface area contributed by atoms with Crippen LogP contribution in [0.15, 0.2) is 11.9 Å². The fourth-order valence-corrected chi connectivity index (χ4v) is 4.18. The Balaban J connectivity index is 3.41. The van der Waals surface area contributed by atoms with Crippen LogP contribution in [-0.4, -0.2) is 29.9 Å². The molecule has 0 bridgehead atoms. The normalized spacial score (nSPS) is 13.1. The zero-order valence-corrected chi connectivity index (χ0v) is 21.3. The first-order valence-corrected chi connectivity index (χ1v) is 13.9. The van der Waals surface area contributed by atoms with Gasteiger partial charge in [0.05, 0.1) is 0 Å². The molecule has 182 valence electrons. The van der Waals surface area contributed by atoms with Gasteiger partial charge in [0.25, 0.3) is 0 Å². The second kappa shape index (κ2) is 22.4. The monoisotopic (exact) mass is 459 g/mol. The third-order valence-electron chi connectivity index (χ3n) is 5.14. The second-order valence-corrected chi connectivity index (χ2v) is 9.81. The van der Waals surface area contributed by atoms with Crippen LogP contribution >= 0.6 is 8.03 Å². The van der Waals surface area contributed by atoms with Crippen LogP contribution in [-0.2, 0) is 18.6 Å². The zero-order chi connectivity index (χ0) is 23.2. The lowest BCUT2D eigenvalue weighted by Gasteiger charge is -2.07. The van der Waals surface area contributed by atoms with Gasteiger partial charge in [-0.2, -0.15) is 0 Å². The molecule has 0 aliphatic heterocycles. The summed E-state index contributed by atoms with van der Waals surface area (Å²) in [4.78, 5) is 11.7. The van der Waals surface area contributed by atoms with E-state index in [0.717, 1.165) is 12.8 Å². The van der Waals surface area contributed by atoms with Gasteiger partial charge in [0, 0.05) is 6.42 Å². The largest absolute Gasteiger partial charge is 0.540 e. The number of hydrogen-bond donors (Lipinski definition) is 1. The van der Waals surface area contributed by atoms with E-state index in [9.17, 15) is 14.5 Å². The summed E-state index contributed by atoms with van der Waals surface area (Å²) in [5.74, 6) is 1.02. The van der Waals surface area contributed by atoms with E-state index in [1.807, 2.05) is 0 Å². The molecule has 0 aromatic carbocycles. The van der Waals surface area contributed by atoms with Crippen molar-refractivity contribution in [3.8, 4) is 0 Å². The number of carbonyl (C=O) groups is 1. The highest BCUT2D eigenvalue weighted by atomic mass is 31.1. The Labute approximate surface area is 192 Å². The van der Waals surface area contributed by atoms with E-state index in [1.54, 1.807) is 13.8 Å². The fourth-order valence-electron chi connectivity index (χ4n) is 3.36. The van der Waals surface area contributed by atoms with Crippen LogP contribution in [0.2, 0.25) is 0 Å². The van der Waals surface area contributed by atoms with E-state index >= 15 is 0 Å². The molecule has 0 aliphatic rings. The van der Waals surface area contributed by atoms with Gasteiger partial charge in [0.15, 0.2) is 5.82 Å². The lowest BCUT2D eigenvalue weighted by Crippen LogP contribution is -2.16. The molecule has 6 heteroatoms. The number of rotatable bonds is 22. The van der Waals surface area contributed by atoms with Gasteiger partial charge in [-0.05, 0) is 30.9 Å². The van der Waals surface area contributed by atoms with Crippen molar-refractivity contribution in [1.29, 1.82) is 0 Å². The Kier molecular flexibility index (Phi) is 21.9. The highest BCUT2D eigenvalue weighted by Crippen LogP contribution is 2.26. The van der Waals surface area contributed by atoms with Crippen molar-refractivity contribution in [3.05, 3.63) is 11.9 Å². The summed E-state index contributed by atoms with van der Waals surface area (Å²) in [5, 5.41) is 9.74. The molecule has 0 spiro atoms. The molecule has 31 heavy (non-hydrogen) atoms. The van der Waals surface area contributed by atoms with Gasteiger partial charge in [-0.3, -0.25) is 4.79 Å². The predicted octanol–water partition coefficient (Wildman–Crippen LogP) is 7.83. The van der Waals surface area contributed by atoms with Crippen LogP contribution in [0.3, 0.4) is 0 Å². The zero-order valence-electron chi connectivity index (χ0n) is 20.4. The van der Waals surface area contributed by atoms with Gasteiger partial charge >= 0.3 is 14.0 Å². The van der Waals surface area contributed by atoms with Crippen LogP contribution in [0.4, 0.5) is 0 Å². The Morgan fingerprint density at radius 2 is 1.29 bits per heavy atom. The highest BCUT2D eigenvalue weighted by molar-refractivity contribution is 7.42. The van der Waals surface area contributed by atoms with Crippen molar-refractivity contribution < 1.29 is 23.7 Å². The Morgan fingerprint density at radius 1 is 0.839 bits per heavy atom. The summed E-state index contributed by atoms with van der Waals surface area (Å²) in [7, 11) is -1.94. The number of carbonyl (C=O) groups excluding carboxylic acids is 1. The Bertz CT molecular complexity index is 465. The maximum absolute atomic E-state index is 11.7. The first-order valence-electron chi connectivity index (χ1n) is 12.6. The molecule has 1 unspecified atom stereocenters. The van der Waals surface area contributed by atoms with Crippen LogP contribution in [0, 0.1) is 0 Å². The molecule has 0 saturated heterocycles. The minimum Gasteiger partial charge on any atom is -0.463 e. The van der Waals surface area contributed by atoms with Crippen molar-refractivity contribution in [2.75, 3.05) is 6.61 Å². The van der Waals surface area contributed by atoms with Crippen LogP contribution in [0.1, 0.15) is 124 Å². The van der Waals surface area contributed by atoms with Gasteiger partial charge in [-0.25, -0.2) is 0 Å². The second-order valence-electron chi connectivity index (χ2n) is 8.73. The van der Waals surface area contributed by atoms with Crippen LogP contribution < -0.4 is 0 Å². The van der Waals surface area contributed by atoms with E-state index in [2.05, 4.69) is 6.92 Å². The average molecular weight is 460 g/mol. The molecular formula is C25H48O5P+. The first-order chi connectivity index (χ1) is 15.0. The summed E-state index contributed by atoms with van der Waals surface area (Å²) < 4.78 is 21.6. The SMILES string of the molecule is CCCCCCCCCCCCCCCCCC(=O)OC[C@@H](O)/C=C/[P+](=O)OC(C)C. The van der Waals surface area contributed by atoms with Crippen molar-refractivity contribution >= 4 is 14.0 Å². The van der Waals surface area contributed by atoms with E-state index in [-0.39, 0.29) is 18.7 Å². The summed E-state index contributed by atoms with van der Waals surface area (Å²) in [5.41, 5.74) is 0. The maximum Gasteiger partial charge on any atom is 0.540 e. The summed E-state index contributed by atoms with van der Waals surface area (Å²) in [6, 6.07) is 0. The van der Waals surface area contributed by atoms with Crippen molar-refractivity contribution in [3.63, 3.8) is 0 Å². The van der Waals surface area contributed by atoms with Crippen LogP contribution in [0.25, 0.3) is 0 Å². The predicted molar refractivity (Wildman–Crippen MR) is 129 cm³/mol. The summed E-state index contributed by atoms with van der Waals surface area (Å²) in [6.45, 7) is 5.73. The summed E-state index contributed by atoms with van der Waals surface area (Å²) in [6.07, 6.45) is 20.0. The molecule has 5 nitrogen and oxygen atoms in total. The van der Waals surface area contributed by atoms with Crippen molar-refractivity contribution in [1.82, 2.24) is 0 Å². The molecule has 0 heterocycles. The molecular weight excluding hydrogens is 411 g/mol. The van der Waals surface area contributed by atoms with E-state index in [1.165, 1.54) is 95.4 Å². The third kappa shape index (κ3) is 23.7. The van der Waals surface area contributed by atoms with Gasteiger partial charge in [0.2, 0.25) is 0 Å². The Hall–Kier alpha value is -0.770. The van der Waals surface area contributed by atoms with E-state index < -0.39 is 14.1 Å². The number of aliphatic hydroxyl groups is 1. The minimum absolute atomic E-state index is 0.112. The lowest BCUT2D eigenvalue weighted by atomic mass is 10.0. The average Bonchev–Trinajstić information content (AvgIpc) is 2.73.